The smallest absolute Gasteiger partial charge is 0.300 e. The number of carboxylic acids is 2. The predicted molar refractivity (Wildman–Crippen MR) is 194 cm³/mol. The van der Waals surface area contributed by atoms with Gasteiger partial charge in [-0.15, -0.1) is 34.9 Å². The molecule has 6 aromatic carbocycles. The third-order valence-corrected chi connectivity index (χ3v) is 11.1. The van der Waals surface area contributed by atoms with Crippen LogP contribution in [-0.2, 0) is 48.5 Å². The Morgan fingerprint density at radius 3 is 0.759 bits per heavy atom. The van der Waals surface area contributed by atoms with Gasteiger partial charge in [0.15, 0.2) is 0 Å². The number of hydrogen-bond donors (Lipinski definition) is 2. The van der Waals surface area contributed by atoms with E-state index in [1.807, 2.05) is 0 Å². The minimum absolute atomic E-state index is 0. The molecule has 0 aromatic heterocycles. The summed E-state index contributed by atoms with van der Waals surface area (Å²) in [6.07, 6.45) is 0. The van der Waals surface area contributed by atoms with Crippen LogP contribution in [-0.4, -0.2) is 22.2 Å². The van der Waals surface area contributed by atoms with Gasteiger partial charge in [-0.3, -0.25) is 18.4 Å². The van der Waals surface area contributed by atoms with Crippen LogP contribution in [0.25, 0.3) is 0 Å². The van der Waals surface area contributed by atoms with Crippen LogP contribution in [0.5, 0.6) is 0 Å². The van der Waals surface area contributed by atoms with E-state index in [0.717, 1.165) is 45.7 Å². The Kier molecular flexibility index (Phi) is 21.6. The fourth-order valence-corrected chi connectivity index (χ4v) is 8.62. The molecule has 0 bridgehead atoms. The number of carboxylic acid groups (broad SMARTS) is 2. The van der Waals surface area contributed by atoms with Gasteiger partial charge in [-0.25, -0.2) is 17.6 Å². The number of halogens is 6. The summed E-state index contributed by atoms with van der Waals surface area (Å²) in [5.74, 6) is -3.67. The Morgan fingerprint density at radius 2 is 0.593 bits per heavy atom. The number of rotatable bonds is 6. The Labute approximate surface area is 337 Å². The maximum absolute atomic E-state index is 13.2. The van der Waals surface area contributed by atoms with Crippen molar-refractivity contribution in [3.63, 3.8) is 0 Å². The first kappa shape index (κ1) is 48.0. The number of benzene rings is 6. The van der Waals surface area contributed by atoms with Crippen LogP contribution in [0.15, 0.2) is 133 Å². The van der Waals surface area contributed by atoms with Gasteiger partial charge in [-0.2, -0.15) is 24.3 Å². The predicted octanol–water partition coefficient (Wildman–Crippen LogP) is 7.50. The fourth-order valence-electron chi connectivity index (χ4n) is 4.29. The van der Waals surface area contributed by atoms with Crippen molar-refractivity contribution in [3.8, 4) is 0 Å². The van der Waals surface area contributed by atoms with Crippen molar-refractivity contribution >= 4 is 59.6 Å². The maximum atomic E-state index is 13.2. The van der Waals surface area contributed by atoms with Crippen molar-refractivity contribution < 1.29 is 85.1 Å². The second kappa shape index (κ2) is 24.4. The molecule has 2 radical (unpaired) electrons. The van der Waals surface area contributed by atoms with Crippen molar-refractivity contribution in [1.82, 2.24) is 0 Å². The molecule has 14 heteroatoms. The van der Waals surface area contributed by atoms with Gasteiger partial charge in [0.2, 0.25) is 0 Å². The first-order chi connectivity index (χ1) is 24.7. The zero-order valence-electron chi connectivity index (χ0n) is 28.2. The number of carbonyl (C=O) groups is 2. The maximum Gasteiger partial charge on any atom is 0.300 e. The third-order valence-electron chi connectivity index (χ3n) is 6.34. The van der Waals surface area contributed by atoms with Crippen LogP contribution in [0.2, 0.25) is 0 Å². The summed E-state index contributed by atoms with van der Waals surface area (Å²) in [6.45, 7) is 2.17. The van der Waals surface area contributed by atoms with Gasteiger partial charge in [0.1, 0.15) is 23.3 Å². The van der Waals surface area contributed by atoms with Crippen molar-refractivity contribution in [1.29, 1.82) is 0 Å². The molecule has 0 amide bonds. The first-order valence-corrected chi connectivity index (χ1v) is 17.8. The molecule has 54 heavy (non-hydrogen) atoms. The van der Waals surface area contributed by atoms with E-state index in [1.165, 1.54) is 72.8 Å². The summed E-state index contributed by atoms with van der Waals surface area (Å²) in [4.78, 5) is 18.0. The average Bonchev–Trinajstić information content (AvgIpc) is 3.10. The monoisotopic (exact) mass is 956 g/mol. The standard InChI is InChI=1S/2C18H11F3P.2C2H4O2.2Rh/c2*19-13-1-7-16(8-2-13)22(17-9-3-14(20)4-10-17)18-11-5-15(21)6-12-18;2*1-2(3)4;;/h2*1-11H;2*1H3,(H,3,4);;/q2*-1;;;;. The van der Waals surface area contributed by atoms with E-state index in [2.05, 4.69) is 12.1 Å². The van der Waals surface area contributed by atoms with E-state index in [-0.39, 0.29) is 73.9 Å². The summed E-state index contributed by atoms with van der Waals surface area (Å²) < 4.78 is 78.9. The second-order valence-electron chi connectivity index (χ2n) is 10.4. The van der Waals surface area contributed by atoms with Crippen molar-refractivity contribution in [2.45, 2.75) is 13.8 Å². The molecule has 0 atom stereocenters. The van der Waals surface area contributed by atoms with Crippen molar-refractivity contribution in [3.05, 3.63) is 180 Å². The van der Waals surface area contributed by atoms with Crippen LogP contribution in [0.4, 0.5) is 26.3 Å². The van der Waals surface area contributed by atoms with Gasteiger partial charge < -0.3 is 10.2 Å². The van der Waals surface area contributed by atoms with E-state index in [4.69, 9.17) is 19.8 Å². The third kappa shape index (κ3) is 16.5. The van der Waals surface area contributed by atoms with Crippen LogP contribution < -0.4 is 31.8 Å². The molecule has 0 spiro atoms. The van der Waals surface area contributed by atoms with Gasteiger partial charge in [0.25, 0.3) is 11.9 Å². The molecule has 0 aliphatic carbocycles. The van der Waals surface area contributed by atoms with E-state index in [0.29, 0.717) is 0 Å². The summed E-state index contributed by atoms with van der Waals surface area (Å²) in [7, 11) is -2.08. The molecular formula is C40H30F6O4P2Rh2-2. The van der Waals surface area contributed by atoms with E-state index in [9.17, 15) is 26.3 Å². The molecular weight excluding hydrogens is 926 g/mol. The summed E-state index contributed by atoms with van der Waals surface area (Å²) >= 11 is 0. The van der Waals surface area contributed by atoms with E-state index < -0.39 is 27.8 Å². The molecule has 0 heterocycles. The summed E-state index contributed by atoms with van der Waals surface area (Å²) in [5, 5.41) is 20.0. The number of hydrogen-bond acceptors (Lipinski definition) is 2. The molecule has 6 rings (SSSR count). The Balaban J connectivity index is 0.000000437. The van der Waals surface area contributed by atoms with Crippen LogP contribution in [0.1, 0.15) is 13.8 Å². The molecule has 0 saturated carbocycles. The molecule has 286 valence electrons. The molecule has 2 N–H and O–H groups in total. The SMILES string of the molecule is CC(=O)O.CC(=O)O.Fc1c[c-]c(P(c2ccc(F)cc2)c2ccc(F)cc2)cc1.Fc1c[c-]c(P(c2ccc(F)cc2)c2ccc(F)cc2)cc1.[Rh].[Rh]. The van der Waals surface area contributed by atoms with E-state index in [1.54, 1.807) is 60.7 Å². The molecule has 0 saturated heterocycles. The molecule has 0 unspecified atom stereocenters. The average molecular weight is 956 g/mol. The Hall–Kier alpha value is -4.05. The van der Waals surface area contributed by atoms with Gasteiger partial charge >= 0.3 is 0 Å². The van der Waals surface area contributed by atoms with Gasteiger partial charge in [-0.05, 0) is 85.6 Å². The number of aliphatic carboxylic acids is 2. The summed E-state index contributed by atoms with van der Waals surface area (Å²) in [5.41, 5.74) is 0. The minimum Gasteiger partial charge on any atom is -0.481 e. The van der Waals surface area contributed by atoms with Gasteiger partial charge in [0.05, 0.1) is 0 Å². The van der Waals surface area contributed by atoms with Crippen molar-refractivity contribution in [2.24, 2.45) is 0 Å². The van der Waals surface area contributed by atoms with E-state index >= 15 is 0 Å². The van der Waals surface area contributed by atoms with Crippen LogP contribution >= 0.6 is 15.8 Å². The molecule has 0 aliphatic rings. The van der Waals surface area contributed by atoms with Gasteiger partial charge in [0, 0.05) is 64.4 Å². The Morgan fingerprint density at radius 1 is 0.407 bits per heavy atom. The Bertz CT molecular complexity index is 1630. The summed E-state index contributed by atoms with van der Waals surface area (Å²) in [6, 6.07) is 39.1. The van der Waals surface area contributed by atoms with Gasteiger partial charge in [-0.1, -0.05) is 48.5 Å². The first-order valence-electron chi connectivity index (χ1n) is 15.1. The molecule has 0 aliphatic heterocycles. The molecule has 0 fully saturated rings. The molecule has 4 nitrogen and oxygen atoms in total. The largest absolute Gasteiger partial charge is 0.481 e. The minimum atomic E-state index is -1.04. The molecule has 6 aromatic rings. The normalized spacial score (nSPS) is 9.81. The second-order valence-corrected chi connectivity index (χ2v) is 14.8. The zero-order chi connectivity index (χ0) is 38.2. The van der Waals surface area contributed by atoms with Crippen LogP contribution in [0.3, 0.4) is 0 Å². The zero-order valence-corrected chi connectivity index (χ0v) is 33.3. The van der Waals surface area contributed by atoms with Crippen LogP contribution in [0, 0.1) is 47.0 Å². The van der Waals surface area contributed by atoms with Crippen molar-refractivity contribution in [2.75, 3.05) is 0 Å². The topological polar surface area (TPSA) is 74.6 Å². The fraction of sp³-hybridized carbons (Fsp3) is 0.0500. The quantitative estimate of drug-likeness (QED) is 0.0786.